The highest BCUT2D eigenvalue weighted by Crippen LogP contribution is 2.27. The van der Waals surface area contributed by atoms with Crippen molar-refractivity contribution in [3.8, 4) is 11.1 Å². The first-order chi connectivity index (χ1) is 15.4. The predicted molar refractivity (Wildman–Crippen MR) is 123 cm³/mol. The Labute approximate surface area is 186 Å². The molecular weight excluding hydrogens is 428 g/mol. The van der Waals surface area contributed by atoms with Crippen LogP contribution in [0.15, 0.2) is 78.9 Å². The number of hydrogen-bond acceptors (Lipinski definition) is 5. The molecule has 164 valence electrons. The molecule has 32 heavy (non-hydrogen) atoms. The second kappa shape index (κ2) is 9.23. The third kappa shape index (κ3) is 4.81. The molecule has 1 N–H and O–H groups in total. The van der Waals surface area contributed by atoms with Crippen molar-refractivity contribution in [2.75, 3.05) is 28.5 Å². The first-order valence-electron chi connectivity index (χ1n) is 10.2. The van der Waals surface area contributed by atoms with E-state index in [0.717, 1.165) is 11.1 Å². The lowest BCUT2D eigenvalue weighted by Gasteiger charge is -2.16. The Morgan fingerprint density at radius 2 is 1.59 bits per heavy atom. The Bertz CT molecular complexity index is 1220. The Balaban J connectivity index is 1.36. The highest BCUT2D eigenvalue weighted by Gasteiger charge is 2.28. The van der Waals surface area contributed by atoms with Crippen molar-refractivity contribution in [3.63, 3.8) is 0 Å². The van der Waals surface area contributed by atoms with Crippen LogP contribution in [0.1, 0.15) is 16.8 Å². The van der Waals surface area contributed by atoms with Crippen molar-refractivity contribution in [1.29, 1.82) is 0 Å². The number of para-hydroxylation sites is 1. The Kier molecular flexibility index (Phi) is 6.23. The zero-order chi connectivity index (χ0) is 22.6. The quantitative estimate of drug-likeness (QED) is 0.578. The van der Waals surface area contributed by atoms with Crippen molar-refractivity contribution in [1.82, 2.24) is 0 Å². The smallest absolute Gasteiger partial charge is 0.338 e. The zero-order valence-electron chi connectivity index (χ0n) is 17.2. The summed E-state index contributed by atoms with van der Waals surface area (Å²) >= 11 is 0. The number of esters is 1. The van der Waals surface area contributed by atoms with Gasteiger partial charge in [-0.15, -0.1) is 0 Å². The van der Waals surface area contributed by atoms with Gasteiger partial charge in [0, 0.05) is 17.8 Å². The molecule has 1 fully saturated rings. The van der Waals surface area contributed by atoms with Gasteiger partial charge in [0.15, 0.2) is 6.61 Å². The van der Waals surface area contributed by atoms with Crippen LogP contribution in [0.2, 0.25) is 0 Å². The minimum atomic E-state index is -3.28. The van der Waals surface area contributed by atoms with Crippen LogP contribution in [0.5, 0.6) is 0 Å². The second-order valence-electron chi connectivity index (χ2n) is 7.32. The summed E-state index contributed by atoms with van der Waals surface area (Å²) in [7, 11) is -3.28. The second-order valence-corrected chi connectivity index (χ2v) is 9.34. The Morgan fingerprint density at radius 1 is 0.906 bits per heavy atom. The van der Waals surface area contributed by atoms with Crippen LogP contribution < -0.4 is 9.62 Å². The molecule has 0 unspecified atom stereocenters. The molecule has 0 aromatic heterocycles. The number of ether oxygens (including phenoxy) is 1. The summed E-state index contributed by atoms with van der Waals surface area (Å²) in [6.45, 7) is -0.0129. The van der Waals surface area contributed by atoms with Crippen molar-refractivity contribution < 1.29 is 22.7 Å². The molecule has 0 spiro atoms. The van der Waals surface area contributed by atoms with E-state index < -0.39 is 28.5 Å². The average molecular weight is 451 g/mol. The van der Waals surface area contributed by atoms with Crippen molar-refractivity contribution >= 4 is 33.3 Å². The van der Waals surface area contributed by atoms with Gasteiger partial charge in [-0.2, -0.15) is 0 Å². The monoisotopic (exact) mass is 450 g/mol. The maximum atomic E-state index is 12.4. The number of hydrogen-bond donors (Lipinski definition) is 1. The van der Waals surface area contributed by atoms with E-state index >= 15 is 0 Å². The number of rotatable bonds is 6. The van der Waals surface area contributed by atoms with Gasteiger partial charge in [-0.1, -0.05) is 48.5 Å². The lowest BCUT2D eigenvalue weighted by atomic mass is 10.0. The number of benzene rings is 3. The summed E-state index contributed by atoms with van der Waals surface area (Å²) in [5, 5.41) is 2.78. The molecule has 1 amide bonds. The van der Waals surface area contributed by atoms with E-state index in [2.05, 4.69) is 5.32 Å². The summed E-state index contributed by atoms with van der Waals surface area (Å²) in [6, 6.07) is 23.1. The molecular formula is C24H22N2O5S. The molecule has 1 aliphatic heterocycles. The SMILES string of the molecule is O=C(COC(=O)c1ccc(N2CCCS2(=O)=O)cc1)Nc1ccccc1-c1ccccc1. The number of nitrogens with one attached hydrogen (secondary N) is 1. The van der Waals surface area contributed by atoms with E-state index in [1.807, 2.05) is 48.5 Å². The largest absolute Gasteiger partial charge is 0.452 e. The predicted octanol–water partition coefficient (Wildman–Crippen LogP) is 3.69. The van der Waals surface area contributed by atoms with Gasteiger partial charge in [-0.3, -0.25) is 9.10 Å². The molecule has 0 saturated carbocycles. The van der Waals surface area contributed by atoms with Crippen LogP contribution in [0.4, 0.5) is 11.4 Å². The van der Waals surface area contributed by atoms with Gasteiger partial charge >= 0.3 is 5.97 Å². The molecule has 0 atom stereocenters. The molecule has 7 nitrogen and oxygen atoms in total. The van der Waals surface area contributed by atoms with Crippen LogP contribution in [0.25, 0.3) is 11.1 Å². The maximum absolute atomic E-state index is 12.4. The van der Waals surface area contributed by atoms with Gasteiger partial charge in [0.2, 0.25) is 10.0 Å². The van der Waals surface area contributed by atoms with Crippen LogP contribution >= 0.6 is 0 Å². The number of sulfonamides is 1. The Morgan fingerprint density at radius 3 is 2.28 bits per heavy atom. The van der Waals surface area contributed by atoms with Crippen LogP contribution in [-0.4, -0.2) is 39.2 Å². The molecule has 0 bridgehead atoms. The molecule has 0 aliphatic carbocycles. The van der Waals surface area contributed by atoms with E-state index in [4.69, 9.17) is 4.74 Å². The fourth-order valence-electron chi connectivity index (χ4n) is 3.56. The summed E-state index contributed by atoms with van der Waals surface area (Å²) in [6.07, 6.45) is 0.578. The molecule has 3 aromatic rings. The van der Waals surface area contributed by atoms with Crippen LogP contribution in [0, 0.1) is 0 Å². The summed E-state index contributed by atoms with van der Waals surface area (Å²) in [5.41, 5.74) is 3.19. The number of nitrogens with zero attached hydrogens (tertiary/aromatic N) is 1. The van der Waals surface area contributed by atoms with Gasteiger partial charge in [0.05, 0.1) is 17.0 Å². The minimum absolute atomic E-state index is 0.124. The average Bonchev–Trinajstić information content (AvgIpc) is 3.17. The number of amides is 1. The first-order valence-corrected chi connectivity index (χ1v) is 11.8. The molecule has 1 heterocycles. The van der Waals surface area contributed by atoms with E-state index in [0.29, 0.717) is 24.3 Å². The minimum Gasteiger partial charge on any atom is -0.452 e. The zero-order valence-corrected chi connectivity index (χ0v) is 18.0. The van der Waals surface area contributed by atoms with Gasteiger partial charge in [-0.05, 0) is 42.3 Å². The summed E-state index contributed by atoms with van der Waals surface area (Å²) < 4.78 is 30.5. The van der Waals surface area contributed by atoms with Gasteiger partial charge in [0.25, 0.3) is 5.91 Å². The lowest BCUT2D eigenvalue weighted by molar-refractivity contribution is -0.119. The van der Waals surface area contributed by atoms with Crippen LogP contribution in [-0.2, 0) is 19.6 Å². The Hall–Kier alpha value is -3.65. The highest BCUT2D eigenvalue weighted by molar-refractivity contribution is 7.93. The standard InChI is InChI=1S/C24H22N2O5S/c27-23(25-22-10-5-4-9-21(22)18-7-2-1-3-8-18)17-31-24(28)19-11-13-20(14-12-19)26-15-6-16-32(26,29)30/h1-5,7-14H,6,15-17H2,(H,25,27). The van der Waals surface area contributed by atoms with E-state index in [9.17, 15) is 18.0 Å². The van der Waals surface area contributed by atoms with E-state index in [-0.39, 0.29) is 11.3 Å². The topological polar surface area (TPSA) is 92.8 Å². The lowest BCUT2D eigenvalue weighted by Crippen LogP contribution is -2.25. The van der Waals surface area contributed by atoms with E-state index in [1.54, 1.807) is 18.2 Å². The molecule has 4 rings (SSSR count). The molecule has 0 radical (unpaired) electrons. The fraction of sp³-hybridized carbons (Fsp3) is 0.167. The third-order valence-electron chi connectivity index (χ3n) is 5.11. The normalized spacial score (nSPS) is 14.7. The van der Waals surface area contributed by atoms with Crippen LogP contribution in [0.3, 0.4) is 0 Å². The number of carbonyl (C=O) groups excluding carboxylic acids is 2. The van der Waals surface area contributed by atoms with Crippen molar-refractivity contribution in [3.05, 3.63) is 84.4 Å². The third-order valence-corrected chi connectivity index (χ3v) is 6.98. The maximum Gasteiger partial charge on any atom is 0.338 e. The van der Waals surface area contributed by atoms with E-state index in [1.165, 1.54) is 16.4 Å². The molecule has 3 aromatic carbocycles. The van der Waals surface area contributed by atoms with Crippen molar-refractivity contribution in [2.24, 2.45) is 0 Å². The molecule has 1 aliphatic rings. The number of carbonyl (C=O) groups is 2. The summed E-state index contributed by atoms with van der Waals surface area (Å²) in [5.74, 6) is -0.993. The molecule has 1 saturated heterocycles. The number of anilines is 2. The van der Waals surface area contributed by atoms with Crippen molar-refractivity contribution in [2.45, 2.75) is 6.42 Å². The first kappa shape index (κ1) is 21.6. The van der Waals surface area contributed by atoms with Gasteiger partial charge in [-0.25, -0.2) is 13.2 Å². The molecule has 8 heteroatoms. The van der Waals surface area contributed by atoms with Gasteiger partial charge in [0.1, 0.15) is 0 Å². The fourth-order valence-corrected chi connectivity index (χ4v) is 5.12. The summed E-state index contributed by atoms with van der Waals surface area (Å²) in [4.78, 5) is 24.7. The van der Waals surface area contributed by atoms with Gasteiger partial charge < -0.3 is 10.1 Å². The highest BCUT2D eigenvalue weighted by atomic mass is 32.2.